The van der Waals surface area contributed by atoms with Crippen LogP contribution in [0.2, 0.25) is 0 Å². The van der Waals surface area contributed by atoms with Crippen LogP contribution in [0.1, 0.15) is 33.7 Å². The van der Waals surface area contributed by atoms with Crippen LogP contribution >= 0.6 is 0 Å². The van der Waals surface area contributed by atoms with Crippen LogP contribution in [0.3, 0.4) is 0 Å². The molecule has 0 saturated carbocycles. The number of nitrogens with zero attached hydrogens (tertiary/aromatic N) is 2. The van der Waals surface area contributed by atoms with Gasteiger partial charge >= 0.3 is 0 Å². The molecule has 112 valence electrons. The van der Waals surface area contributed by atoms with Crippen molar-refractivity contribution < 1.29 is 4.79 Å². The summed E-state index contributed by atoms with van der Waals surface area (Å²) >= 11 is 0. The molecule has 0 fully saturated rings. The van der Waals surface area contributed by atoms with E-state index in [9.17, 15) is 4.79 Å². The minimum atomic E-state index is -0.355. The van der Waals surface area contributed by atoms with E-state index in [4.69, 9.17) is 5.73 Å². The summed E-state index contributed by atoms with van der Waals surface area (Å²) in [5.41, 5.74) is 8.15. The standard InChI is InChI=1S/C16H22N4O/c1-11(15(21)19-16(2,3)4)20-10-13(9-18-20)12-5-7-14(17)8-6-12/h5-11H,17H2,1-4H3,(H,19,21). The topological polar surface area (TPSA) is 72.9 Å². The average Bonchev–Trinajstić information content (AvgIpc) is 2.86. The zero-order valence-electron chi connectivity index (χ0n) is 12.9. The van der Waals surface area contributed by atoms with Gasteiger partial charge in [0.25, 0.3) is 0 Å². The van der Waals surface area contributed by atoms with E-state index in [2.05, 4.69) is 10.4 Å². The van der Waals surface area contributed by atoms with Gasteiger partial charge in [-0.15, -0.1) is 0 Å². The second kappa shape index (κ2) is 5.60. The molecule has 2 rings (SSSR count). The minimum absolute atomic E-state index is 0.0468. The van der Waals surface area contributed by atoms with Crippen molar-refractivity contribution in [3.05, 3.63) is 36.7 Å². The number of carbonyl (C=O) groups is 1. The fraction of sp³-hybridized carbons (Fsp3) is 0.375. The van der Waals surface area contributed by atoms with Crippen molar-refractivity contribution in [3.63, 3.8) is 0 Å². The van der Waals surface area contributed by atoms with Crippen LogP contribution in [0.25, 0.3) is 11.1 Å². The third kappa shape index (κ3) is 3.84. The van der Waals surface area contributed by atoms with Gasteiger partial charge in [-0.25, -0.2) is 0 Å². The van der Waals surface area contributed by atoms with E-state index in [1.807, 2.05) is 58.2 Å². The molecule has 1 aromatic heterocycles. The molecular weight excluding hydrogens is 264 g/mol. The molecule has 1 aromatic carbocycles. The number of nitrogens with two attached hydrogens (primary N) is 1. The smallest absolute Gasteiger partial charge is 0.244 e. The first-order valence-electron chi connectivity index (χ1n) is 6.98. The molecule has 0 aliphatic heterocycles. The normalized spacial score (nSPS) is 13.0. The quantitative estimate of drug-likeness (QED) is 0.852. The zero-order valence-corrected chi connectivity index (χ0v) is 12.9. The Balaban J connectivity index is 2.16. The highest BCUT2D eigenvalue weighted by molar-refractivity contribution is 5.80. The number of amides is 1. The number of hydrogen-bond acceptors (Lipinski definition) is 3. The molecule has 21 heavy (non-hydrogen) atoms. The molecule has 0 spiro atoms. The first-order chi connectivity index (χ1) is 9.76. The fourth-order valence-electron chi connectivity index (χ4n) is 1.97. The Labute approximate surface area is 125 Å². The van der Waals surface area contributed by atoms with Gasteiger partial charge in [0.05, 0.1) is 6.20 Å². The Morgan fingerprint density at radius 2 is 1.86 bits per heavy atom. The molecule has 0 bridgehead atoms. The van der Waals surface area contributed by atoms with Gasteiger partial charge in [-0.1, -0.05) is 12.1 Å². The van der Waals surface area contributed by atoms with Gasteiger partial charge in [0, 0.05) is 23.0 Å². The molecule has 2 aromatic rings. The molecule has 1 heterocycles. The van der Waals surface area contributed by atoms with Crippen LogP contribution in [0.15, 0.2) is 36.7 Å². The molecule has 0 aliphatic rings. The highest BCUT2D eigenvalue weighted by atomic mass is 16.2. The lowest BCUT2D eigenvalue weighted by atomic mass is 10.1. The van der Waals surface area contributed by atoms with Crippen molar-refractivity contribution in [3.8, 4) is 11.1 Å². The highest BCUT2D eigenvalue weighted by Gasteiger charge is 2.21. The van der Waals surface area contributed by atoms with Crippen LogP contribution < -0.4 is 11.1 Å². The Bertz CT molecular complexity index is 622. The lowest BCUT2D eigenvalue weighted by Crippen LogP contribution is -2.43. The fourth-order valence-corrected chi connectivity index (χ4v) is 1.97. The Kier molecular flexibility index (Phi) is 4.02. The summed E-state index contributed by atoms with van der Waals surface area (Å²) in [6.45, 7) is 7.71. The first-order valence-corrected chi connectivity index (χ1v) is 6.98. The molecule has 1 atom stereocenters. The number of hydrogen-bond donors (Lipinski definition) is 2. The summed E-state index contributed by atoms with van der Waals surface area (Å²) in [5.74, 6) is -0.0468. The Morgan fingerprint density at radius 3 is 2.43 bits per heavy atom. The maximum atomic E-state index is 12.2. The lowest BCUT2D eigenvalue weighted by molar-refractivity contribution is -0.125. The van der Waals surface area contributed by atoms with Crippen LogP contribution in [0.5, 0.6) is 0 Å². The predicted octanol–water partition coefficient (Wildman–Crippen LogP) is 2.61. The summed E-state index contributed by atoms with van der Waals surface area (Å²) in [6.07, 6.45) is 3.63. The van der Waals surface area contributed by atoms with Gasteiger partial charge in [0.1, 0.15) is 6.04 Å². The van der Waals surface area contributed by atoms with E-state index in [1.54, 1.807) is 10.9 Å². The predicted molar refractivity (Wildman–Crippen MR) is 84.7 cm³/mol. The number of nitrogens with one attached hydrogen (secondary N) is 1. The summed E-state index contributed by atoms with van der Waals surface area (Å²) in [7, 11) is 0. The third-order valence-corrected chi connectivity index (χ3v) is 3.12. The molecule has 3 N–H and O–H groups in total. The number of aromatic nitrogens is 2. The minimum Gasteiger partial charge on any atom is -0.399 e. The number of nitrogen functional groups attached to an aromatic ring is 1. The van der Waals surface area contributed by atoms with Crippen LogP contribution in [0, 0.1) is 0 Å². The molecule has 5 nitrogen and oxygen atoms in total. The van der Waals surface area contributed by atoms with Crippen LogP contribution in [-0.4, -0.2) is 21.2 Å². The lowest BCUT2D eigenvalue weighted by Gasteiger charge is -2.23. The van der Waals surface area contributed by atoms with Gasteiger partial charge in [-0.3, -0.25) is 9.48 Å². The van der Waals surface area contributed by atoms with Gasteiger partial charge < -0.3 is 11.1 Å². The van der Waals surface area contributed by atoms with Crippen molar-refractivity contribution in [2.75, 3.05) is 5.73 Å². The maximum Gasteiger partial charge on any atom is 0.244 e. The largest absolute Gasteiger partial charge is 0.399 e. The van der Waals surface area contributed by atoms with Crippen molar-refractivity contribution in [2.45, 2.75) is 39.3 Å². The van der Waals surface area contributed by atoms with E-state index < -0.39 is 0 Å². The van der Waals surface area contributed by atoms with Crippen molar-refractivity contribution in [2.24, 2.45) is 0 Å². The number of anilines is 1. The Hall–Kier alpha value is -2.30. The van der Waals surface area contributed by atoms with Gasteiger partial charge in [0.15, 0.2) is 0 Å². The van der Waals surface area contributed by atoms with E-state index in [0.29, 0.717) is 0 Å². The van der Waals surface area contributed by atoms with Gasteiger partial charge in [0.2, 0.25) is 5.91 Å². The maximum absolute atomic E-state index is 12.2. The molecule has 5 heteroatoms. The first kappa shape index (κ1) is 15.1. The summed E-state index contributed by atoms with van der Waals surface area (Å²) in [6, 6.07) is 7.23. The average molecular weight is 286 g/mol. The molecule has 0 aliphatic carbocycles. The van der Waals surface area contributed by atoms with Gasteiger partial charge in [-0.2, -0.15) is 5.10 Å². The summed E-state index contributed by atoms with van der Waals surface area (Å²) in [5, 5.41) is 7.25. The monoisotopic (exact) mass is 286 g/mol. The van der Waals surface area contributed by atoms with E-state index in [-0.39, 0.29) is 17.5 Å². The zero-order chi connectivity index (χ0) is 15.6. The second-order valence-electron chi connectivity index (χ2n) is 6.25. The van der Waals surface area contributed by atoms with Crippen molar-refractivity contribution in [1.82, 2.24) is 15.1 Å². The van der Waals surface area contributed by atoms with Crippen LogP contribution in [0.4, 0.5) is 5.69 Å². The summed E-state index contributed by atoms with van der Waals surface area (Å²) < 4.78 is 1.67. The highest BCUT2D eigenvalue weighted by Crippen LogP contribution is 2.21. The molecule has 0 saturated heterocycles. The number of benzene rings is 1. The third-order valence-electron chi connectivity index (χ3n) is 3.12. The van der Waals surface area contributed by atoms with E-state index >= 15 is 0 Å². The van der Waals surface area contributed by atoms with Crippen molar-refractivity contribution in [1.29, 1.82) is 0 Å². The molecule has 0 radical (unpaired) electrons. The molecule has 1 unspecified atom stereocenters. The molecular formula is C16H22N4O. The second-order valence-corrected chi connectivity index (χ2v) is 6.25. The number of carbonyl (C=O) groups excluding carboxylic acids is 1. The van der Waals surface area contributed by atoms with E-state index in [0.717, 1.165) is 16.8 Å². The summed E-state index contributed by atoms with van der Waals surface area (Å²) in [4.78, 5) is 12.2. The number of rotatable bonds is 3. The SMILES string of the molecule is CC(C(=O)NC(C)(C)C)n1cc(-c2ccc(N)cc2)cn1. The van der Waals surface area contributed by atoms with Gasteiger partial charge in [-0.05, 0) is 45.4 Å². The molecule has 1 amide bonds. The van der Waals surface area contributed by atoms with Crippen molar-refractivity contribution >= 4 is 11.6 Å². The van der Waals surface area contributed by atoms with E-state index in [1.165, 1.54) is 0 Å². The van der Waals surface area contributed by atoms with Crippen LogP contribution in [-0.2, 0) is 4.79 Å². The Morgan fingerprint density at radius 1 is 1.24 bits per heavy atom.